The van der Waals surface area contributed by atoms with Crippen molar-refractivity contribution in [2.75, 3.05) is 0 Å². The second-order valence-electron chi connectivity index (χ2n) is 5.26. The molecule has 0 unspecified atom stereocenters. The van der Waals surface area contributed by atoms with E-state index in [1.807, 2.05) is 6.92 Å². The Morgan fingerprint density at radius 1 is 1.35 bits per heavy atom. The molecule has 0 radical (unpaired) electrons. The Morgan fingerprint density at radius 2 is 2.15 bits per heavy atom. The van der Waals surface area contributed by atoms with Gasteiger partial charge >= 0.3 is 0 Å². The third-order valence-electron chi connectivity index (χ3n) is 3.26. The highest BCUT2D eigenvalue weighted by atomic mass is 19.1. The lowest BCUT2D eigenvalue weighted by molar-refractivity contribution is 0.627. The van der Waals surface area contributed by atoms with Crippen molar-refractivity contribution in [1.29, 1.82) is 0 Å². The van der Waals surface area contributed by atoms with E-state index >= 15 is 0 Å². The van der Waals surface area contributed by atoms with E-state index in [1.165, 1.54) is 31.0 Å². The number of aromatic amines is 1. The van der Waals surface area contributed by atoms with Crippen LogP contribution in [0.15, 0.2) is 29.1 Å². The number of nitrogens with one attached hydrogen (secondary N) is 2. The first-order valence-corrected chi connectivity index (χ1v) is 6.71. The fourth-order valence-corrected chi connectivity index (χ4v) is 2.14. The molecule has 2 N–H and O–H groups in total. The molecule has 1 aromatic carbocycles. The normalized spacial score (nSPS) is 14.5. The smallest absolute Gasteiger partial charge is 0.251 e. The first-order chi connectivity index (χ1) is 9.60. The number of aryl methyl sites for hydroxylation is 1. The van der Waals surface area contributed by atoms with E-state index in [9.17, 15) is 9.18 Å². The molecule has 104 valence electrons. The van der Waals surface area contributed by atoms with Crippen LogP contribution in [0.25, 0.3) is 11.4 Å². The van der Waals surface area contributed by atoms with E-state index < -0.39 is 0 Å². The molecule has 3 rings (SSSR count). The summed E-state index contributed by atoms with van der Waals surface area (Å²) in [5.74, 6) is 0.0804. The number of halogens is 1. The van der Waals surface area contributed by atoms with E-state index in [1.54, 1.807) is 6.07 Å². The average Bonchev–Trinajstić information content (AvgIpc) is 3.18. The molecule has 5 heteroatoms. The van der Waals surface area contributed by atoms with Crippen LogP contribution in [0.5, 0.6) is 0 Å². The van der Waals surface area contributed by atoms with Crippen molar-refractivity contribution in [2.45, 2.75) is 32.4 Å². The Labute approximate surface area is 116 Å². The third kappa shape index (κ3) is 3.11. The highest BCUT2D eigenvalue weighted by Gasteiger charge is 2.20. The summed E-state index contributed by atoms with van der Waals surface area (Å²) >= 11 is 0. The van der Waals surface area contributed by atoms with E-state index in [4.69, 9.17) is 0 Å². The van der Waals surface area contributed by atoms with Gasteiger partial charge in [-0.15, -0.1) is 0 Å². The maximum Gasteiger partial charge on any atom is 0.251 e. The highest BCUT2D eigenvalue weighted by molar-refractivity contribution is 5.56. The van der Waals surface area contributed by atoms with Gasteiger partial charge in [0.2, 0.25) is 0 Å². The fraction of sp³-hybridized carbons (Fsp3) is 0.333. The third-order valence-corrected chi connectivity index (χ3v) is 3.26. The lowest BCUT2D eigenvalue weighted by atomic mass is 10.1. The lowest BCUT2D eigenvalue weighted by Gasteiger charge is -2.06. The van der Waals surface area contributed by atoms with Crippen molar-refractivity contribution in [3.05, 3.63) is 51.7 Å². The minimum absolute atomic E-state index is 0.218. The highest BCUT2D eigenvalue weighted by Crippen LogP contribution is 2.20. The maximum atomic E-state index is 13.4. The first-order valence-electron chi connectivity index (χ1n) is 6.71. The minimum atomic E-state index is -0.329. The summed E-state index contributed by atoms with van der Waals surface area (Å²) in [6, 6.07) is 6.66. The number of aromatic nitrogens is 2. The molecule has 0 bridgehead atoms. The number of rotatable bonds is 4. The molecular weight excluding hydrogens is 257 g/mol. The van der Waals surface area contributed by atoms with Gasteiger partial charge in [0.25, 0.3) is 5.56 Å². The molecular formula is C15H16FN3O. The minimum Gasteiger partial charge on any atom is -0.308 e. The zero-order valence-electron chi connectivity index (χ0n) is 11.2. The van der Waals surface area contributed by atoms with Gasteiger partial charge in [-0.25, -0.2) is 9.37 Å². The quantitative estimate of drug-likeness (QED) is 0.897. The summed E-state index contributed by atoms with van der Waals surface area (Å²) < 4.78 is 13.4. The topological polar surface area (TPSA) is 57.8 Å². The van der Waals surface area contributed by atoms with Gasteiger partial charge in [0, 0.05) is 24.2 Å². The lowest BCUT2D eigenvalue weighted by Crippen LogP contribution is -2.19. The number of hydrogen-bond donors (Lipinski definition) is 2. The second-order valence-corrected chi connectivity index (χ2v) is 5.26. The number of nitrogens with zero attached hydrogens (tertiary/aromatic N) is 1. The molecule has 2 aromatic rings. The van der Waals surface area contributed by atoms with Gasteiger partial charge in [-0.3, -0.25) is 4.79 Å². The van der Waals surface area contributed by atoms with Crippen molar-refractivity contribution < 1.29 is 4.39 Å². The monoisotopic (exact) mass is 273 g/mol. The summed E-state index contributed by atoms with van der Waals surface area (Å²) in [6.45, 7) is 2.37. The predicted molar refractivity (Wildman–Crippen MR) is 74.9 cm³/mol. The summed E-state index contributed by atoms with van der Waals surface area (Å²) in [4.78, 5) is 18.8. The molecule has 1 aromatic heterocycles. The molecule has 20 heavy (non-hydrogen) atoms. The van der Waals surface area contributed by atoms with Gasteiger partial charge in [0.1, 0.15) is 11.6 Å². The molecule has 0 aliphatic heterocycles. The molecule has 1 aliphatic rings. The fourth-order valence-electron chi connectivity index (χ4n) is 2.14. The van der Waals surface area contributed by atoms with Crippen molar-refractivity contribution in [2.24, 2.45) is 0 Å². The zero-order valence-corrected chi connectivity index (χ0v) is 11.2. The maximum absolute atomic E-state index is 13.4. The Morgan fingerprint density at radius 3 is 2.85 bits per heavy atom. The molecule has 1 fully saturated rings. The van der Waals surface area contributed by atoms with E-state index in [0.29, 0.717) is 29.7 Å². The second kappa shape index (κ2) is 5.17. The van der Waals surface area contributed by atoms with Gasteiger partial charge in [-0.1, -0.05) is 0 Å². The SMILES string of the molecule is Cc1cc(F)cc(-c2nc(CNC3CC3)cc(=O)[nH]2)c1. The van der Waals surface area contributed by atoms with Crippen LogP contribution in [0.1, 0.15) is 24.1 Å². The van der Waals surface area contributed by atoms with Gasteiger partial charge in [-0.05, 0) is 43.5 Å². The van der Waals surface area contributed by atoms with Crippen molar-refractivity contribution in [3.63, 3.8) is 0 Å². The van der Waals surface area contributed by atoms with Crippen LogP contribution in [0, 0.1) is 12.7 Å². The van der Waals surface area contributed by atoms with Crippen LogP contribution in [0.2, 0.25) is 0 Å². The van der Waals surface area contributed by atoms with Gasteiger partial charge < -0.3 is 10.3 Å². The molecule has 1 aliphatic carbocycles. The molecule has 1 saturated carbocycles. The van der Waals surface area contributed by atoms with Crippen LogP contribution in [0.3, 0.4) is 0 Å². The standard InChI is InChI=1S/C15H16FN3O/c1-9-4-10(6-11(16)5-9)15-18-13(7-14(20)19-15)8-17-12-2-3-12/h4-7,12,17H,2-3,8H2,1H3,(H,18,19,20). The van der Waals surface area contributed by atoms with Gasteiger partial charge in [-0.2, -0.15) is 0 Å². The van der Waals surface area contributed by atoms with E-state index in [2.05, 4.69) is 15.3 Å². The predicted octanol–water partition coefficient (Wildman–Crippen LogP) is 2.14. The molecule has 0 spiro atoms. The van der Waals surface area contributed by atoms with Gasteiger partial charge in [0.05, 0.1) is 5.69 Å². The summed E-state index contributed by atoms with van der Waals surface area (Å²) in [5, 5.41) is 3.31. The molecule has 4 nitrogen and oxygen atoms in total. The number of benzene rings is 1. The summed E-state index contributed by atoms with van der Waals surface area (Å²) in [6.07, 6.45) is 2.36. The molecule has 0 atom stereocenters. The largest absolute Gasteiger partial charge is 0.308 e. The van der Waals surface area contributed by atoms with Gasteiger partial charge in [0.15, 0.2) is 0 Å². The van der Waals surface area contributed by atoms with Crippen LogP contribution in [0.4, 0.5) is 4.39 Å². The molecule has 1 heterocycles. The Bertz CT molecular complexity index is 672. The van der Waals surface area contributed by atoms with Crippen molar-refractivity contribution >= 4 is 0 Å². The van der Waals surface area contributed by atoms with Crippen molar-refractivity contribution in [1.82, 2.24) is 15.3 Å². The van der Waals surface area contributed by atoms with Crippen LogP contribution in [-0.2, 0) is 6.54 Å². The summed E-state index contributed by atoms with van der Waals surface area (Å²) in [5.41, 5.74) is 1.85. The Hall–Kier alpha value is -2.01. The Balaban J connectivity index is 1.93. The Kier molecular flexibility index (Phi) is 3.36. The van der Waals surface area contributed by atoms with Crippen LogP contribution >= 0.6 is 0 Å². The average molecular weight is 273 g/mol. The van der Waals surface area contributed by atoms with E-state index in [-0.39, 0.29) is 11.4 Å². The zero-order chi connectivity index (χ0) is 14.1. The van der Waals surface area contributed by atoms with Crippen molar-refractivity contribution in [3.8, 4) is 11.4 Å². The molecule has 0 saturated heterocycles. The van der Waals surface area contributed by atoms with Crippen LogP contribution < -0.4 is 10.9 Å². The van der Waals surface area contributed by atoms with E-state index in [0.717, 1.165) is 5.56 Å². The molecule has 0 amide bonds. The summed E-state index contributed by atoms with van der Waals surface area (Å²) in [7, 11) is 0. The number of hydrogen-bond acceptors (Lipinski definition) is 3. The first kappa shape index (κ1) is 13.0. The van der Waals surface area contributed by atoms with Crippen LogP contribution in [-0.4, -0.2) is 16.0 Å². The number of H-pyrrole nitrogens is 1.